The van der Waals surface area contributed by atoms with Crippen molar-refractivity contribution in [2.45, 2.75) is 19.5 Å². The van der Waals surface area contributed by atoms with E-state index in [0.29, 0.717) is 6.54 Å². The van der Waals surface area contributed by atoms with Crippen LogP contribution in [0, 0.1) is 0 Å². The van der Waals surface area contributed by atoms with Gasteiger partial charge in [-0.25, -0.2) is 4.98 Å². The molecular weight excluding hydrogens is 294 g/mol. The fraction of sp³-hybridized carbons (Fsp3) is 0.438. The normalized spacial score (nSPS) is 16.1. The number of pyridine rings is 1. The Morgan fingerprint density at radius 2 is 2.22 bits per heavy atom. The van der Waals surface area contributed by atoms with Crippen LogP contribution >= 0.6 is 0 Å². The number of amides is 1. The molecule has 3 heterocycles. The zero-order valence-corrected chi connectivity index (χ0v) is 13.2. The second-order valence-corrected chi connectivity index (χ2v) is 5.50. The molecule has 2 aromatic heterocycles. The summed E-state index contributed by atoms with van der Waals surface area (Å²) in [5.41, 5.74) is 1.03. The first-order valence-corrected chi connectivity index (χ1v) is 7.78. The molecule has 23 heavy (non-hydrogen) atoms. The number of nitrogens with one attached hydrogen (secondary N) is 1. The summed E-state index contributed by atoms with van der Waals surface area (Å²) in [4.78, 5) is 18.8. The Morgan fingerprint density at radius 1 is 1.39 bits per heavy atom. The average Bonchev–Trinajstić information content (AvgIpc) is 3.14. The molecule has 1 amide bonds. The maximum absolute atomic E-state index is 12.2. The number of aromatic nitrogens is 3. The van der Waals surface area contributed by atoms with E-state index in [-0.39, 0.29) is 11.9 Å². The summed E-state index contributed by atoms with van der Waals surface area (Å²) in [7, 11) is 0. The van der Waals surface area contributed by atoms with Crippen molar-refractivity contribution >= 4 is 11.7 Å². The van der Waals surface area contributed by atoms with Crippen LogP contribution in [-0.4, -0.2) is 47.0 Å². The SMILES string of the molecule is C[C@H](C(=O)NCc1ccnc(N2CCOCC2)c1)n1cccn1. The van der Waals surface area contributed by atoms with E-state index < -0.39 is 0 Å². The molecule has 7 nitrogen and oxygen atoms in total. The molecule has 1 fully saturated rings. The van der Waals surface area contributed by atoms with E-state index in [1.54, 1.807) is 29.3 Å². The molecule has 122 valence electrons. The van der Waals surface area contributed by atoms with Gasteiger partial charge in [0, 0.05) is 38.2 Å². The van der Waals surface area contributed by atoms with Gasteiger partial charge in [0.05, 0.1) is 13.2 Å². The minimum Gasteiger partial charge on any atom is -0.378 e. The third-order valence-electron chi connectivity index (χ3n) is 3.91. The van der Waals surface area contributed by atoms with Crippen LogP contribution < -0.4 is 10.2 Å². The van der Waals surface area contributed by atoms with Crippen LogP contribution in [0.1, 0.15) is 18.5 Å². The molecule has 0 spiro atoms. The lowest BCUT2D eigenvalue weighted by Crippen LogP contribution is -2.36. The van der Waals surface area contributed by atoms with Crippen LogP contribution in [0.4, 0.5) is 5.82 Å². The summed E-state index contributed by atoms with van der Waals surface area (Å²) < 4.78 is 7.00. The second kappa shape index (κ2) is 7.23. The van der Waals surface area contributed by atoms with Gasteiger partial charge >= 0.3 is 0 Å². The van der Waals surface area contributed by atoms with E-state index in [1.165, 1.54) is 0 Å². The molecule has 1 N–H and O–H groups in total. The van der Waals surface area contributed by atoms with Crippen molar-refractivity contribution in [3.63, 3.8) is 0 Å². The lowest BCUT2D eigenvalue weighted by atomic mass is 10.2. The van der Waals surface area contributed by atoms with Crippen LogP contribution in [0.3, 0.4) is 0 Å². The number of hydrogen-bond acceptors (Lipinski definition) is 5. The second-order valence-electron chi connectivity index (χ2n) is 5.50. The minimum absolute atomic E-state index is 0.0570. The zero-order chi connectivity index (χ0) is 16.1. The summed E-state index contributed by atoms with van der Waals surface area (Å²) in [6, 6.07) is 5.42. The lowest BCUT2D eigenvalue weighted by Gasteiger charge is -2.28. The highest BCUT2D eigenvalue weighted by atomic mass is 16.5. The van der Waals surface area contributed by atoms with E-state index in [4.69, 9.17) is 4.74 Å². The van der Waals surface area contributed by atoms with E-state index in [1.807, 2.05) is 19.1 Å². The highest BCUT2D eigenvalue weighted by Gasteiger charge is 2.15. The van der Waals surface area contributed by atoms with E-state index in [0.717, 1.165) is 37.7 Å². The highest BCUT2D eigenvalue weighted by molar-refractivity contribution is 5.79. The molecule has 1 saturated heterocycles. The molecule has 1 aliphatic heterocycles. The van der Waals surface area contributed by atoms with E-state index >= 15 is 0 Å². The first kappa shape index (κ1) is 15.5. The van der Waals surface area contributed by atoms with Crippen LogP contribution in [-0.2, 0) is 16.1 Å². The van der Waals surface area contributed by atoms with Gasteiger partial charge in [-0.1, -0.05) is 0 Å². The molecular formula is C16H21N5O2. The predicted octanol–water partition coefficient (Wildman–Crippen LogP) is 0.992. The maximum atomic E-state index is 12.2. The number of hydrogen-bond donors (Lipinski definition) is 1. The number of rotatable bonds is 5. The van der Waals surface area contributed by atoms with Crippen molar-refractivity contribution in [1.29, 1.82) is 0 Å². The maximum Gasteiger partial charge on any atom is 0.244 e. The number of nitrogens with zero attached hydrogens (tertiary/aromatic N) is 4. The van der Waals surface area contributed by atoms with Gasteiger partial charge in [-0.15, -0.1) is 0 Å². The Bertz CT molecular complexity index is 638. The summed E-state index contributed by atoms with van der Waals surface area (Å²) in [5, 5.41) is 7.04. The Labute approximate surface area is 135 Å². The van der Waals surface area contributed by atoms with Crippen molar-refractivity contribution in [1.82, 2.24) is 20.1 Å². The third kappa shape index (κ3) is 3.87. The van der Waals surface area contributed by atoms with E-state index in [2.05, 4.69) is 20.3 Å². The summed E-state index contributed by atoms with van der Waals surface area (Å²) in [6.07, 6.45) is 5.23. The number of carbonyl (C=O) groups is 1. The molecule has 7 heteroatoms. The largest absolute Gasteiger partial charge is 0.378 e. The van der Waals surface area contributed by atoms with Crippen molar-refractivity contribution < 1.29 is 9.53 Å². The summed E-state index contributed by atoms with van der Waals surface area (Å²) in [6.45, 7) is 5.45. The Kier molecular flexibility index (Phi) is 4.87. The molecule has 0 radical (unpaired) electrons. The summed E-state index contributed by atoms with van der Waals surface area (Å²) >= 11 is 0. The smallest absolute Gasteiger partial charge is 0.244 e. The average molecular weight is 315 g/mol. The molecule has 0 unspecified atom stereocenters. The third-order valence-corrected chi connectivity index (χ3v) is 3.91. The minimum atomic E-state index is -0.328. The van der Waals surface area contributed by atoms with Gasteiger partial charge in [-0.05, 0) is 30.7 Å². The van der Waals surface area contributed by atoms with Crippen molar-refractivity contribution in [3.05, 3.63) is 42.4 Å². The monoisotopic (exact) mass is 315 g/mol. The van der Waals surface area contributed by atoms with Gasteiger partial charge in [0.1, 0.15) is 11.9 Å². The van der Waals surface area contributed by atoms with Gasteiger partial charge in [0.2, 0.25) is 5.91 Å². The van der Waals surface area contributed by atoms with Crippen LogP contribution in [0.5, 0.6) is 0 Å². The highest BCUT2D eigenvalue weighted by Crippen LogP contribution is 2.14. The Hall–Kier alpha value is -2.41. The first-order valence-electron chi connectivity index (χ1n) is 7.78. The first-order chi connectivity index (χ1) is 11.2. The molecule has 2 aromatic rings. The molecule has 1 atom stereocenters. The van der Waals surface area contributed by atoms with Gasteiger partial charge in [0.25, 0.3) is 0 Å². The number of anilines is 1. The molecule has 0 aliphatic carbocycles. The van der Waals surface area contributed by atoms with Crippen molar-refractivity contribution in [2.24, 2.45) is 0 Å². The standard InChI is InChI=1S/C16H21N5O2/c1-13(21-6-2-4-19-21)16(22)18-12-14-3-5-17-15(11-14)20-7-9-23-10-8-20/h2-6,11,13H,7-10,12H2,1H3,(H,18,22)/t13-/m1/s1. The summed E-state index contributed by atoms with van der Waals surface area (Å²) in [5.74, 6) is 0.874. The van der Waals surface area contributed by atoms with Crippen LogP contribution in [0.25, 0.3) is 0 Å². The Balaban J connectivity index is 1.58. The van der Waals surface area contributed by atoms with Gasteiger partial charge in [-0.3, -0.25) is 9.48 Å². The predicted molar refractivity (Wildman–Crippen MR) is 86.1 cm³/mol. The lowest BCUT2D eigenvalue weighted by molar-refractivity contribution is -0.124. The molecule has 0 bridgehead atoms. The van der Waals surface area contributed by atoms with Crippen molar-refractivity contribution in [3.8, 4) is 0 Å². The molecule has 3 rings (SSSR count). The fourth-order valence-corrected chi connectivity index (χ4v) is 2.50. The number of morpholine rings is 1. The number of ether oxygens (including phenoxy) is 1. The molecule has 1 aliphatic rings. The number of carbonyl (C=O) groups excluding carboxylic acids is 1. The zero-order valence-electron chi connectivity index (χ0n) is 13.2. The molecule has 0 saturated carbocycles. The van der Waals surface area contributed by atoms with E-state index in [9.17, 15) is 4.79 Å². The van der Waals surface area contributed by atoms with Crippen LogP contribution in [0.2, 0.25) is 0 Å². The van der Waals surface area contributed by atoms with Crippen molar-refractivity contribution in [2.75, 3.05) is 31.2 Å². The van der Waals surface area contributed by atoms with Crippen LogP contribution in [0.15, 0.2) is 36.8 Å². The fourth-order valence-electron chi connectivity index (χ4n) is 2.50. The molecule has 0 aromatic carbocycles. The van der Waals surface area contributed by atoms with Gasteiger partial charge < -0.3 is 15.0 Å². The van der Waals surface area contributed by atoms with Gasteiger partial charge in [0.15, 0.2) is 0 Å². The quantitative estimate of drug-likeness (QED) is 0.891. The van der Waals surface area contributed by atoms with Gasteiger partial charge in [-0.2, -0.15) is 5.10 Å². The Morgan fingerprint density at radius 3 is 2.96 bits per heavy atom. The topological polar surface area (TPSA) is 72.3 Å².